The molecule has 4 heteroatoms. The lowest BCUT2D eigenvalue weighted by atomic mass is 9.78. The van der Waals surface area contributed by atoms with Gasteiger partial charge in [0.15, 0.2) is 0 Å². The molecule has 1 aromatic rings. The van der Waals surface area contributed by atoms with Gasteiger partial charge in [-0.3, -0.25) is 9.63 Å². The third-order valence-electron chi connectivity index (χ3n) is 4.49. The normalized spacial score (nSPS) is 18.0. The Morgan fingerprint density at radius 1 is 1.08 bits per heavy atom. The van der Waals surface area contributed by atoms with Gasteiger partial charge in [-0.15, -0.1) is 0 Å². The van der Waals surface area contributed by atoms with Gasteiger partial charge < -0.3 is 4.74 Å². The smallest absolute Gasteiger partial charge is 0.273 e. The Labute approximate surface area is 151 Å². The molecule has 0 N–H and O–H groups in total. The molecule has 2 rings (SSSR count). The molecule has 1 amide bonds. The molecule has 1 aliphatic rings. The second kappa shape index (κ2) is 6.83. The number of amides is 1. The molecule has 1 fully saturated rings. The summed E-state index contributed by atoms with van der Waals surface area (Å²) in [6.07, 6.45) is 2.62. The minimum atomic E-state index is -0.0725. The zero-order valence-corrected chi connectivity index (χ0v) is 16.8. The van der Waals surface area contributed by atoms with Gasteiger partial charge >= 0.3 is 0 Å². The highest BCUT2D eigenvalue weighted by Crippen LogP contribution is 2.41. The van der Waals surface area contributed by atoms with Gasteiger partial charge in [0.1, 0.15) is 5.75 Å². The molecule has 0 spiro atoms. The average molecular weight is 345 g/mol. The van der Waals surface area contributed by atoms with Crippen LogP contribution in [-0.4, -0.2) is 31.7 Å². The number of hydroxylamine groups is 2. The minimum absolute atomic E-state index is 0.0592. The van der Waals surface area contributed by atoms with Gasteiger partial charge in [0.05, 0.1) is 13.7 Å². The van der Waals surface area contributed by atoms with Crippen LogP contribution in [0.5, 0.6) is 5.75 Å². The van der Waals surface area contributed by atoms with Crippen molar-refractivity contribution < 1.29 is 14.4 Å². The van der Waals surface area contributed by atoms with Crippen LogP contribution in [0.25, 0.3) is 6.08 Å². The molecule has 0 atom stereocenters. The highest BCUT2D eigenvalue weighted by atomic mass is 16.7. The Morgan fingerprint density at radius 3 is 2.04 bits per heavy atom. The van der Waals surface area contributed by atoms with Crippen molar-refractivity contribution in [1.29, 1.82) is 0 Å². The fraction of sp³-hybridized carbons (Fsp3) is 0.571. The number of methoxy groups -OCH3 is 1. The summed E-state index contributed by atoms with van der Waals surface area (Å²) in [6.45, 7) is 13.6. The number of rotatable bonds is 2. The van der Waals surface area contributed by atoms with E-state index in [0.29, 0.717) is 13.0 Å². The predicted molar refractivity (Wildman–Crippen MR) is 102 cm³/mol. The van der Waals surface area contributed by atoms with Crippen LogP contribution < -0.4 is 4.74 Å². The molecule has 0 saturated carbocycles. The Morgan fingerprint density at radius 2 is 1.60 bits per heavy atom. The summed E-state index contributed by atoms with van der Waals surface area (Å²) in [5.41, 5.74) is 4.00. The van der Waals surface area contributed by atoms with Crippen molar-refractivity contribution in [2.75, 3.05) is 20.8 Å². The quantitative estimate of drug-likeness (QED) is 0.743. The monoisotopic (exact) mass is 345 g/mol. The standard InChI is InChI=1S/C21H31NO3/c1-20(2,3)16-12-14(11-15-9-10-25-22(7)19(15)23)13-17(18(16)24-8)21(4,5)6/h11-13H,9-10H2,1-8H3/b15-11-. The van der Waals surface area contributed by atoms with Crippen LogP contribution >= 0.6 is 0 Å². The van der Waals surface area contributed by atoms with Crippen LogP contribution in [0.4, 0.5) is 0 Å². The maximum absolute atomic E-state index is 12.3. The van der Waals surface area contributed by atoms with E-state index in [1.54, 1.807) is 14.2 Å². The molecule has 1 aromatic carbocycles. The van der Waals surface area contributed by atoms with Crippen LogP contribution in [0.1, 0.15) is 64.7 Å². The van der Waals surface area contributed by atoms with Crippen LogP contribution in [0.3, 0.4) is 0 Å². The minimum Gasteiger partial charge on any atom is -0.496 e. The van der Waals surface area contributed by atoms with E-state index in [9.17, 15) is 4.79 Å². The molecule has 0 aliphatic carbocycles. The van der Waals surface area contributed by atoms with Crippen molar-refractivity contribution in [3.63, 3.8) is 0 Å². The fourth-order valence-corrected chi connectivity index (χ4v) is 3.06. The number of ether oxygens (including phenoxy) is 1. The molecule has 138 valence electrons. The Balaban J connectivity index is 2.65. The second-order valence-electron chi connectivity index (χ2n) is 8.70. The largest absolute Gasteiger partial charge is 0.496 e. The van der Waals surface area contributed by atoms with E-state index >= 15 is 0 Å². The van der Waals surface area contributed by atoms with Crippen molar-refractivity contribution in [2.45, 2.75) is 58.8 Å². The Kier molecular flexibility index (Phi) is 5.33. The predicted octanol–water partition coefficient (Wildman–Crippen LogP) is 4.47. The fourth-order valence-electron chi connectivity index (χ4n) is 3.06. The molecule has 1 aliphatic heterocycles. The van der Waals surface area contributed by atoms with Crippen LogP contribution in [0, 0.1) is 0 Å². The first-order chi connectivity index (χ1) is 11.4. The number of hydrogen-bond donors (Lipinski definition) is 0. The third kappa shape index (κ3) is 4.24. The van der Waals surface area contributed by atoms with E-state index in [4.69, 9.17) is 9.57 Å². The van der Waals surface area contributed by atoms with Crippen LogP contribution in [-0.2, 0) is 20.5 Å². The molecule has 0 unspecified atom stereocenters. The van der Waals surface area contributed by atoms with E-state index in [1.165, 1.54) is 5.06 Å². The topological polar surface area (TPSA) is 38.8 Å². The van der Waals surface area contributed by atoms with E-state index in [-0.39, 0.29) is 16.7 Å². The molecule has 0 bridgehead atoms. The molecule has 1 saturated heterocycles. The number of hydrogen-bond acceptors (Lipinski definition) is 3. The summed E-state index contributed by atoms with van der Waals surface area (Å²) < 4.78 is 5.80. The molecule has 1 heterocycles. The number of benzene rings is 1. The van der Waals surface area contributed by atoms with Gasteiger partial charge in [-0.1, -0.05) is 41.5 Å². The van der Waals surface area contributed by atoms with Crippen LogP contribution in [0.15, 0.2) is 17.7 Å². The number of carbonyl (C=O) groups is 1. The number of likely N-dealkylation sites (N-methyl/N-ethyl adjacent to an activating group) is 1. The van der Waals surface area contributed by atoms with Crippen molar-refractivity contribution in [3.8, 4) is 5.75 Å². The Bertz CT molecular complexity index is 655. The van der Waals surface area contributed by atoms with Gasteiger partial charge in [0.25, 0.3) is 5.91 Å². The van der Waals surface area contributed by atoms with Gasteiger partial charge in [0, 0.05) is 30.2 Å². The molecular weight excluding hydrogens is 314 g/mol. The van der Waals surface area contributed by atoms with Gasteiger partial charge in [-0.05, 0) is 34.6 Å². The average Bonchev–Trinajstić information content (AvgIpc) is 2.49. The summed E-state index contributed by atoms with van der Waals surface area (Å²) in [5.74, 6) is 0.870. The van der Waals surface area contributed by atoms with Crippen LogP contribution in [0.2, 0.25) is 0 Å². The van der Waals surface area contributed by atoms with Gasteiger partial charge in [-0.2, -0.15) is 0 Å². The van der Waals surface area contributed by atoms with E-state index in [2.05, 4.69) is 53.7 Å². The summed E-state index contributed by atoms with van der Waals surface area (Å²) in [4.78, 5) is 17.6. The lowest BCUT2D eigenvalue weighted by Crippen LogP contribution is -2.33. The van der Waals surface area contributed by atoms with E-state index in [0.717, 1.165) is 28.0 Å². The maximum Gasteiger partial charge on any atom is 0.273 e. The summed E-state index contributed by atoms with van der Waals surface area (Å²) in [5, 5.41) is 1.31. The SMILES string of the molecule is COc1c(C(C)(C)C)cc(/C=C2/CCON(C)C2=O)cc1C(C)(C)C. The van der Waals surface area contributed by atoms with E-state index < -0.39 is 0 Å². The molecule has 4 nitrogen and oxygen atoms in total. The first-order valence-corrected chi connectivity index (χ1v) is 8.79. The Hall–Kier alpha value is -1.81. The molecule has 0 radical (unpaired) electrons. The van der Waals surface area contributed by atoms with E-state index in [1.807, 2.05) is 6.08 Å². The lowest BCUT2D eigenvalue weighted by Gasteiger charge is -2.30. The van der Waals surface area contributed by atoms with Crippen molar-refractivity contribution in [3.05, 3.63) is 34.4 Å². The zero-order valence-electron chi connectivity index (χ0n) is 16.8. The summed E-state index contributed by atoms with van der Waals surface area (Å²) in [6, 6.07) is 4.29. The third-order valence-corrected chi connectivity index (χ3v) is 4.49. The number of nitrogens with zero attached hydrogens (tertiary/aromatic N) is 1. The van der Waals surface area contributed by atoms with Crippen molar-refractivity contribution in [1.82, 2.24) is 5.06 Å². The number of carbonyl (C=O) groups excluding carboxylic acids is 1. The molecule has 0 aromatic heterocycles. The highest BCUT2D eigenvalue weighted by molar-refractivity contribution is 5.97. The zero-order chi connectivity index (χ0) is 19.0. The maximum atomic E-state index is 12.3. The lowest BCUT2D eigenvalue weighted by molar-refractivity contribution is -0.180. The molecular formula is C21H31NO3. The van der Waals surface area contributed by atoms with Crippen molar-refractivity contribution in [2.24, 2.45) is 0 Å². The first-order valence-electron chi connectivity index (χ1n) is 8.79. The first kappa shape index (κ1) is 19.5. The summed E-state index contributed by atoms with van der Waals surface area (Å²) >= 11 is 0. The molecule has 25 heavy (non-hydrogen) atoms. The van der Waals surface area contributed by atoms with Crippen molar-refractivity contribution >= 4 is 12.0 Å². The summed E-state index contributed by atoms with van der Waals surface area (Å²) in [7, 11) is 3.39. The van der Waals surface area contributed by atoms with Gasteiger partial charge in [-0.25, -0.2) is 5.06 Å². The highest BCUT2D eigenvalue weighted by Gasteiger charge is 2.28. The van der Waals surface area contributed by atoms with Gasteiger partial charge in [0.2, 0.25) is 0 Å². The second-order valence-corrected chi connectivity index (χ2v) is 8.70.